The van der Waals surface area contributed by atoms with E-state index in [9.17, 15) is 14.7 Å². The first-order valence-electron chi connectivity index (χ1n) is 8.50. The van der Waals surface area contributed by atoms with Crippen LogP contribution in [0.3, 0.4) is 0 Å². The van der Waals surface area contributed by atoms with Crippen molar-refractivity contribution in [1.82, 2.24) is 10.3 Å². The van der Waals surface area contributed by atoms with Crippen molar-refractivity contribution >= 4 is 22.8 Å². The van der Waals surface area contributed by atoms with Gasteiger partial charge < -0.3 is 15.4 Å². The molecule has 1 aliphatic carbocycles. The Bertz CT molecular complexity index is 780. The predicted molar refractivity (Wildman–Crippen MR) is 92.9 cm³/mol. The summed E-state index contributed by atoms with van der Waals surface area (Å²) in [5, 5.41) is 13.6. The number of aromatic amines is 1. The number of fused-ring (bicyclic) bond motifs is 1. The van der Waals surface area contributed by atoms with E-state index in [-0.39, 0.29) is 12.3 Å². The fourth-order valence-electron chi connectivity index (χ4n) is 4.01. The smallest absolute Gasteiger partial charge is 0.308 e. The molecule has 3 rings (SSSR count). The van der Waals surface area contributed by atoms with Crippen molar-refractivity contribution in [2.24, 2.45) is 5.92 Å². The van der Waals surface area contributed by atoms with Crippen LogP contribution in [-0.2, 0) is 16.0 Å². The Balaban J connectivity index is 1.78. The number of carboxylic acid groups (broad SMARTS) is 1. The van der Waals surface area contributed by atoms with Crippen LogP contribution in [0.5, 0.6) is 0 Å². The molecule has 1 aliphatic rings. The van der Waals surface area contributed by atoms with E-state index in [1.54, 1.807) is 0 Å². The van der Waals surface area contributed by atoms with Crippen LogP contribution in [0.15, 0.2) is 24.4 Å². The fourth-order valence-corrected chi connectivity index (χ4v) is 4.01. The molecule has 0 spiro atoms. The normalized spacial score (nSPS) is 24.0. The first kappa shape index (κ1) is 16.6. The Hall–Kier alpha value is -2.30. The lowest BCUT2D eigenvalue weighted by Crippen LogP contribution is -2.55. The van der Waals surface area contributed by atoms with E-state index in [1.165, 1.54) is 0 Å². The van der Waals surface area contributed by atoms with Crippen LogP contribution < -0.4 is 5.32 Å². The van der Waals surface area contributed by atoms with Gasteiger partial charge in [0.05, 0.1) is 17.9 Å². The zero-order valence-corrected chi connectivity index (χ0v) is 14.2. The second-order valence-corrected chi connectivity index (χ2v) is 7.09. The molecule has 1 aromatic heterocycles. The number of hydrogen-bond acceptors (Lipinski definition) is 2. The molecule has 1 saturated carbocycles. The molecule has 1 fully saturated rings. The van der Waals surface area contributed by atoms with E-state index in [0.29, 0.717) is 12.8 Å². The number of hydrogen-bond donors (Lipinski definition) is 3. The minimum absolute atomic E-state index is 0.116. The first-order valence-corrected chi connectivity index (χ1v) is 8.50. The monoisotopic (exact) mass is 328 g/mol. The molecule has 5 heteroatoms. The van der Waals surface area contributed by atoms with Gasteiger partial charge in [0.15, 0.2) is 0 Å². The highest BCUT2D eigenvalue weighted by Crippen LogP contribution is 2.34. The van der Waals surface area contributed by atoms with Gasteiger partial charge in [0.2, 0.25) is 5.91 Å². The van der Waals surface area contributed by atoms with Crippen LogP contribution in [0.2, 0.25) is 0 Å². The summed E-state index contributed by atoms with van der Waals surface area (Å²) in [4.78, 5) is 27.3. The molecule has 0 saturated heterocycles. The number of H-pyrrole nitrogens is 1. The summed E-state index contributed by atoms with van der Waals surface area (Å²) in [7, 11) is 0. The van der Waals surface area contributed by atoms with Crippen LogP contribution in [0.4, 0.5) is 0 Å². The summed E-state index contributed by atoms with van der Waals surface area (Å²) in [6, 6.07) is 6.01. The van der Waals surface area contributed by atoms with E-state index in [2.05, 4.69) is 10.3 Å². The lowest BCUT2D eigenvalue weighted by molar-refractivity contribution is -0.146. The third-order valence-corrected chi connectivity index (χ3v) is 5.28. The van der Waals surface area contributed by atoms with Crippen LogP contribution in [0.1, 0.15) is 43.7 Å². The molecule has 2 aromatic rings. The zero-order chi connectivity index (χ0) is 17.3. The summed E-state index contributed by atoms with van der Waals surface area (Å²) in [6.07, 6.45) is 5.32. The topological polar surface area (TPSA) is 82.2 Å². The number of carbonyl (C=O) groups excluding carboxylic acids is 1. The molecule has 2 unspecified atom stereocenters. The minimum Gasteiger partial charge on any atom is -0.481 e. The maximum Gasteiger partial charge on any atom is 0.308 e. The van der Waals surface area contributed by atoms with Crippen LogP contribution in [0, 0.1) is 12.8 Å². The van der Waals surface area contributed by atoms with Gasteiger partial charge in [0.25, 0.3) is 0 Å². The highest BCUT2D eigenvalue weighted by Gasteiger charge is 2.42. The van der Waals surface area contributed by atoms with Crippen LogP contribution in [-0.4, -0.2) is 27.5 Å². The van der Waals surface area contributed by atoms with Gasteiger partial charge >= 0.3 is 5.97 Å². The average molecular weight is 328 g/mol. The zero-order valence-electron chi connectivity index (χ0n) is 14.2. The summed E-state index contributed by atoms with van der Waals surface area (Å²) < 4.78 is 0. The largest absolute Gasteiger partial charge is 0.481 e. The Morgan fingerprint density at radius 3 is 2.92 bits per heavy atom. The molecular formula is C19H24N2O3. The summed E-state index contributed by atoms with van der Waals surface area (Å²) >= 11 is 0. The van der Waals surface area contributed by atoms with E-state index in [4.69, 9.17) is 0 Å². The molecule has 0 aliphatic heterocycles. The van der Waals surface area contributed by atoms with Gasteiger partial charge in [0.1, 0.15) is 0 Å². The Labute approximate surface area is 141 Å². The molecule has 5 nitrogen and oxygen atoms in total. The van der Waals surface area contributed by atoms with Crippen molar-refractivity contribution in [3.63, 3.8) is 0 Å². The number of amides is 1. The summed E-state index contributed by atoms with van der Waals surface area (Å²) in [6.45, 7) is 3.89. The fraction of sp³-hybridized carbons (Fsp3) is 0.474. The third kappa shape index (κ3) is 3.03. The number of nitrogens with one attached hydrogen (secondary N) is 2. The van der Waals surface area contributed by atoms with Crippen molar-refractivity contribution < 1.29 is 14.7 Å². The quantitative estimate of drug-likeness (QED) is 0.806. The molecule has 2 atom stereocenters. The van der Waals surface area contributed by atoms with E-state index in [0.717, 1.165) is 34.9 Å². The first-order chi connectivity index (χ1) is 11.4. The van der Waals surface area contributed by atoms with Crippen LogP contribution >= 0.6 is 0 Å². The molecule has 1 amide bonds. The highest BCUT2D eigenvalue weighted by atomic mass is 16.4. The molecule has 3 N–H and O–H groups in total. The van der Waals surface area contributed by atoms with Gasteiger partial charge in [-0.3, -0.25) is 9.59 Å². The number of carboxylic acids is 1. The third-order valence-electron chi connectivity index (χ3n) is 5.28. The number of benzene rings is 1. The summed E-state index contributed by atoms with van der Waals surface area (Å²) in [5.41, 5.74) is 2.43. The SMILES string of the molecule is Cc1cccc2[nH]cc(CC(=O)NC3(C)CCCCC3C(=O)O)c12. The Kier molecular flexibility index (Phi) is 4.35. The van der Waals surface area contributed by atoms with Gasteiger partial charge in [-0.25, -0.2) is 0 Å². The second-order valence-electron chi connectivity index (χ2n) is 7.09. The van der Waals surface area contributed by atoms with Gasteiger partial charge in [-0.2, -0.15) is 0 Å². The number of carbonyl (C=O) groups is 2. The number of rotatable bonds is 4. The molecule has 0 bridgehead atoms. The summed E-state index contributed by atoms with van der Waals surface area (Å²) in [5.74, 6) is -1.45. The van der Waals surface area contributed by atoms with Gasteiger partial charge in [-0.15, -0.1) is 0 Å². The molecule has 1 heterocycles. The van der Waals surface area contributed by atoms with Gasteiger partial charge in [0, 0.05) is 17.1 Å². The lowest BCUT2D eigenvalue weighted by atomic mass is 9.74. The molecule has 24 heavy (non-hydrogen) atoms. The number of aliphatic carboxylic acids is 1. The van der Waals surface area contributed by atoms with E-state index < -0.39 is 17.4 Å². The standard InChI is InChI=1S/C19H24N2O3/c1-12-6-5-8-15-17(12)13(11-20-15)10-16(22)21-19(2)9-4-3-7-14(19)18(23)24/h5-6,8,11,14,20H,3-4,7,9-10H2,1-2H3,(H,21,22)(H,23,24). The molecule has 0 radical (unpaired) electrons. The lowest BCUT2D eigenvalue weighted by Gasteiger charge is -2.39. The van der Waals surface area contributed by atoms with Gasteiger partial charge in [-0.05, 0) is 43.9 Å². The minimum atomic E-state index is -0.819. The van der Waals surface area contributed by atoms with Gasteiger partial charge in [-0.1, -0.05) is 25.0 Å². The average Bonchev–Trinajstić information content (AvgIpc) is 2.91. The Morgan fingerprint density at radius 2 is 2.17 bits per heavy atom. The highest BCUT2D eigenvalue weighted by molar-refractivity contribution is 5.91. The van der Waals surface area contributed by atoms with Crippen molar-refractivity contribution in [3.8, 4) is 0 Å². The van der Waals surface area contributed by atoms with E-state index in [1.807, 2.05) is 38.2 Å². The maximum atomic E-state index is 12.6. The molecular weight excluding hydrogens is 304 g/mol. The van der Waals surface area contributed by atoms with Crippen molar-refractivity contribution in [3.05, 3.63) is 35.5 Å². The van der Waals surface area contributed by atoms with E-state index >= 15 is 0 Å². The number of aryl methyl sites for hydroxylation is 1. The molecule has 128 valence electrons. The molecule has 1 aromatic carbocycles. The van der Waals surface area contributed by atoms with Crippen molar-refractivity contribution in [1.29, 1.82) is 0 Å². The van der Waals surface area contributed by atoms with Crippen LogP contribution in [0.25, 0.3) is 10.9 Å². The maximum absolute atomic E-state index is 12.6. The van der Waals surface area contributed by atoms with Crippen molar-refractivity contribution in [2.75, 3.05) is 0 Å². The number of aromatic nitrogens is 1. The van der Waals surface area contributed by atoms with Crippen molar-refractivity contribution in [2.45, 2.75) is 51.5 Å². The second kappa shape index (κ2) is 6.30. The Morgan fingerprint density at radius 1 is 1.38 bits per heavy atom. The predicted octanol–water partition coefficient (Wildman–Crippen LogP) is 3.17.